The summed E-state index contributed by atoms with van der Waals surface area (Å²) in [6, 6.07) is 7.34. The van der Waals surface area contributed by atoms with Crippen molar-refractivity contribution in [3.8, 4) is 17.0 Å². The van der Waals surface area contributed by atoms with Gasteiger partial charge in [-0.1, -0.05) is 12.1 Å². The minimum Gasteiger partial charge on any atom is -0.434 e. The van der Waals surface area contributed by atoms with Gasteiger partial charge < -0.3 is 15.0 Å². The molecule has 0 aliphatic carbocycles. The highest BCUT2D eigenvalue weighted by Gasteiger charge is 2.21. The van der Waals surface area contributed by atoms with Crippen LogP contribution in [0, 0.1) is 6.92 Å². The number of likely N-dealkylation sites (N-methyl/N-ethyl adjacent to an activating group) is 1. The number of likely N-dealkylation sites (tertiary alicyclic amines) is 1. The number of rotatable bonds is 5. The maximum Gasteiger partial charge on any atom is 0.387 e. The number of fused-ring (bicyclic) bond motifs is 1. The van der Waals surface area contributed by atoms with E-state index in [0.29, 0.717) is 22.6 Å². The van der Waals surface area contributed by atoms with Gasteiger partial charge in [0.25, 0.3) is 0 Å². The monoisotopic (exact) mass is 399 g/mol. The molecule has 0 bridgehead atoms. The number of nitrogens with one attached hydrogen (secondary N) is 1. The number of benzene rings is 1. The number of nitrogens with zero attached hydrogens (tertiary/aromatic N) is 4. The highest BCUT2D eigenvalue weighted by atomic mass is 19.3. The van der Waals surface area contributed by atoms with Gasteiger partial charge in [-0.2, -0.15) is 8.78 Å². The van der Waals surface area contributed by atoms with Crippen molar-refractivity contribution in [2.75, 3.05) is 25.5 Å². The molecule has 8 heteroatoms. The molecule has 0 amide bonds. The molecule has 1 atom stereocenters. The molecule has 2 aromatic heterocycles. The van der Waals surface area contributed by atoms with Gasteiger partial charge in [0.05, 0.1) is 0 Å². The highest BCUT2D eigenvalue weighted by Crippen LogP contribution is 2.37. The molecular formula is C21H23F2N5O. The van der Waals surface area contributed by atoms with Gasteiger partial charge >= 0.3 is 6.61 Å². The van der Waals surface area contributed by atoms with Crippen molar-refractivity contribution in [1.82, 2.24) is 20.1 Å². The molecule has 152 valence electrons. The van der Waals surface area contributed by atoms with Gasteiger partial charge in [0.15, 0.2) is 5.82 Å². The Hall–Kier alpha value is -2.87. The van der Waals surface area contributed by atoms with Crippen molar-refractivity contribution in [3.63, 3.8) is 0 Å². The number of hydrogen-bond donors (Lipinski definition) is 1. The van der Waals surface area contributed by atoms with E-state index in [1.165, 1.54) is 0 Å². The molecule has 1 aliphatic heterocycles. The first kappa shape index (κ1) is 19.4. The first-order valence-corrected chi connectivity index (χ1v) is 9.63. The van der Waals surface area contributed by atoms with Crippen molar-refractivity contribution in [2.45, 2.75) is 32.4 Å². The summed E-state index contributed by atoms with van der Waals surface area (Å²) >= 11 is 0. The van der Waals surface area contributed by atoms with Crippen LogP contribution in [0.3, 0.4) is 0 Å². The fraction of sp³-hybridized carbons (Fsp3) is 0.381. The Balaban J connectivity index is 1.78. The van der Waals surface area contributed by atoms with Crippen LogP contribution in [0.4, 0.5) is 14.6 Å². The van der Waals surface area contributed by atoms with Crippen LogP contribution in [-0.2, 0) is 0 Å². The molecule has 3 heterocycles. The molecule has 0 saturated carbocycles. The van der Waals surface area contributed by atoms with E-state index in [1.807, 2.05) is 6.07 Å². The van der Waals surface area contributed by atoms with Crippen LogP contribution < -0.4 is 10.1 Å². The largest absolute Gasteiger partial charge is 0.434 e. The predicted octanol–water partition coefficient (Wildman–Crippen LogP) is 4.11. The number of pyridine rings is 1. The molecule has 0 unspecified atom stereocenters. The Morgan fingerprint density at radius 2 is 2.07 bits per heavy atom. The number of aryl methyl sites for hydroxylation is 1. The zero-order valence-electron chi connectivity index (χ0n) is 16.4. The molecule has 0 spiro atoms. The number of piperidine rings is 1. The lowest BCUT2D eigenvalue weighted by Crippen LogP contribution is -2.40. The quantitative estimate of drug-likeness (QED) is 0.697. The molecule has 1 saturated heterocycles. The SMILES string of the molecule is Cc1cccc(-c2nnc(N[C@@H]3CCCN(C)C3)c3cnccc23)c1OC(F)F. The second kappa shape index (κ2) is 8.24. The van der Waals surface area contributed by atoms with E-state index in [2.05, 4.69) is 32.4 Å². The zero-order valence-corrected chi connectivity index (χ0v) is 16.4. The minimum atomic E-state index is -2.92. The standard InChI is InChI=1S/C21H23F2N5O/c1-13-5-3-7-16(19(13)29-21(22)23)18-15-8-9-24-11-17(15)20(27-26-18)25-14-6-4-10-28(2)12-14/h3,5,7-9,11,14,21H,4,6,10,12H2,1-2H3,(H,25,27)/t14-/m1/s1. The Labute approximate surface area is 167 Å². The maximum absolute atomic E-state index is 13.0. The van der Waals surface area contributed by atoms with Gasteiger partial charge in [0.1, 0.15) is 11.4 Å². The highest BCUT2D eigenvalue weighted by molar-refractivity contribution is 6.00. The number of ether oxygens (including phenoxy) is 1. The summed E-state index contributed by atoms with van der Waals surface area (Å²) in [5.41, 5.74) is 1.59. The molecular weight excluding hydrogens is 376 g/mol. The fourth-order valence-corrected chi connectivity index (χ4v) is 3.86. The Morgan fingerprint density at radius 3 is 2.86 bits per heavy atom. The van der Waals surface area contributed by atoms with E-state index in [4.69, 9.17) is 4.74 Å². The van der Waals surface area contributed by atoms with E-state index < -0.39 is 6.61 Å². The van der Waals surface area contributed by atoms with Crippen LogP contribution in [0.5, 0.6) is 5.75 Å². The van der Waals surface area contributed by atoms with Crippen molar-refractivity contribution < 1.29 is 13.5 Å². The number of aromatic nitrogens is 3. The normalized spacial score (nSPS) is 17.6. The molecule has 1 fully saturated rings. The van der Waals surface area contributed by atoms with Crippen LogP contribution in [0.15, 0.2) is 36.7 Å². The maximum atomic E-state index is 13.0. The summed E-state index contributed by atoms with van der Waals surface area (Å²) in [5, 5.41) is 13.9. The molecule has 3 aromatic rings. The summed E-state index contributed by atoms with van der Waals surface area (Å²) in [5.74, 6) is 0.769. The molecule has 4 rings (SSSR count). The molecule has 6 nitrogen and oxygen atoms in total. The molecule has 0 radical (unpaired) electrons. The summed E-state index contributed by atoms with van der Waals surface area (Å²) in [6.07, 6.45) is 5.56. The Bertz CT molecular complexity index is 1010. The topological polar surface area (TPSA) is 63.2 Å². The van der Waals surface area contributed by atoms with E-state index in [1.54, 1.807) is 37.5 Å². The van der Waals surface area contributed by atoms with E-state index in [-0.39, 0.29) is 11.8 Å². The lowest BCUT2D eigenvalue weighted by atomic mass is 10.0. The van der Waals surface area contributed by atoms with Crippen molar-refractivity contribution in [3.05, 3.63) is 42.2 Å². The minimum absolute atomic E-state index is 0.115. The third-order valence-electron chi connectivity index (χ3n) is 5.22. The van der Waals surface area contributed by atoms with Gasteiger partial charge in [-0.15, -0.1) is 10.2 Å². The summed E-state index contributed by atoms with van der Waals surface area (Å²) in [6.45, 7) is 0.828. The molecule has 1 N–H and O–H groups in total. The average Bonchev–Trinajstić information content (AvgIpc) is 2.70. The number of halogens is 2. The Morgan fingerprint density at radius 1 is 1.21 bits per heavy atom. The van der Waals surface area contributed by atoms with Gasteiger partial charge in [-0.25, -0.2) is 0 Å². The first-order chi connectivity index (χ1) is 14.0. The van der Waals surface area contributed by atoms with Crippen molar-refractivity contribution in [1.29, 1.82) is 0 Å². The van der Waals surface area contributed by atoms with Crippen LogP contribution in [0.1, 0.15) is 18.4 Å². The van der Waals surface area contributed by atoms with Crippen LogP contribution in [0.25, 0.3) is 22.0 Å². The first-order valence-electron chi connectivity index (χ1n) is 9.63. The van der Waals surface area contributed by atoms with Crippen molar-refractivity contribution in [2.24, 2.45) is 0 Å². The van der Waals surface area contributed by atoms with Gasteiger partial charge in [-0.3, -0.25) is 4.98 Å². The number of para-hydroxylation sites is 1. The lowest BCUT2D eigenvalue weighted by molar-refractivity contribution is -0.0499. The van der Waals surface area contributed by atoms with Crippen LogP contribution >= 0.6 is 0 Å². The second-order valence-electron chi connectivity index (χ2n) is 7.39. The van der Waals surface area contributed by atoms with Crippen LogP contribution in [-0.4, -0.2) is 52.9 Å². The van der Waals surface area contributed by atoms with E-state index >= 15 is 0 Å². The zero-order chi connectivity index (χ0) is 20.4. The number of anilines is 1. The third kappa shape index (κ3) is 4.12. The molecule has 1 aromatic carbocycles. The molecule has 29 heavy (non-hydrogen) atoms. The summed E-state index contributed by atoms with van der Waals surface area (Å²) < 4.78 is 30.8. The summed E-state index contributed by atoms with van der Waals surface area (Å²) in [4.78, 5) is 6.52. The smallest absolute Gasteiger partial charge is 0.387 e. The average molecular weight is 399 g/mol. The third-order valence-corrected chi connectivity index (χ3v) is 5.22. The van der Waals surface area contributed by atoms with E-state index in [0.717, 1.165) is 36.7 Å². The Kier molecular flexibility index (Phi) is 5.53. The number of hydrogen-bond acceptors (Lipinski definition) is 6. The molecule has 1 aliphatic rings. The summed E-state index contributed by atoms with van der Waals surface area (Å²) in [7, 11) is 2.10. The second-order valence-corrected chi connectivity index (χ2v) is 7.39. The van der Waals surface area contributed by atoms with Gasteiger partial charge in [0.2, 0.25) is 0 Å². The lowest BCUT2D eigenvalue weighted by Gasteiger charge is -2.30. The van der Waals surface area contributed by atoms with Gasteiger partial charge in [-0.05, 0) is 51.1 Å². The predicted molar refractivity (Wildman–Crippen MR) is 108 cm³/mol. The van der Waals surface area contributed by atoms with Crippen LogP contribution in [0.2, 0.25) is 0 Å². The van der Waals surface area contributed by atoms with Gasteiger partial charge in [0, 0.05) is 41.3 Å². The fourth-order valence-electron chi connectivity index (χ4n) is 3.86. The van der Waals surface area contributed by atoms with E-state index in [9.17, 15) is 8.78 Å². The van der Waals surface area contributed by atoms with Crippen molar-refractivity contribution >= 4 is 16.6 Å². The number of alkyl halides is 2.